The van der Waals surface area contributed by atoms with E-state index in [1.165, 1.54) is 0 Å². The average Bonchev–Trinajstić information content (AvgIpc) is 2.63. The number of rotatable bonds is 1. The van der Waals surface area contributed by atoms with E-state index in [0.29, 0.717) is 5.76 Å². The van der Waals surface area contributed by atoms with Crippen LogP contribution in [-0.4, -0.2) is 6.16 Å². The van der Waals surface area contributed by atoms with E-state index in [1.807, 2.05) is 42.5 Å². The van der Waals surface area contributed by atoms with Crippen LogP contribution in [0.3, 0.4) is 0 Å². The molecule has 18 heavy (non-hydrogen) atoms. The lowest BCUT2D eigenvalue weighted by Crippen LogP contribution is -2.22. The van der Waals surface area contributed by atoms with Gasteiger partial charge in [-0.25, -0.2) is 4.79 Å². The monoisotopic (exact) mass is 240 g/mol. The van der Waals surface area contributed by atoms with Crippen LogP contribution in [-0.2, 0) is 15.1 Å². The van der Waals surface area contributed by atoms with E-state index >= 15 is 0 Å². The molecule has 2 aromatic carbocycles. The fourth-order valence-electron chi connectivity index (χ4n) is 2.29. The molecule has 3 nitrogen and oxygen atoms in total. The van der Waals surface area contributed by atoms with E-state index in [4.69, 9.17) is 9.47 Å². The SMILES string of the molecule is C=C1OC(=O)OC1(C)c1cccc2ccccc12. The first-order chi connectivity index (χ1) is 8.61. The summed E-state index contributed by atoms with van der Waals surface area (Å²) in [5, 5.41) is 2.12. The Labute approximate surface area is 105 Å². The van der Waals surface area contributed by atoms with Gasteiger partial charge in [-0.05, 0) is 17.7 Å². The van der Waals surface area contributed by atoms with Crippen LogP contribution >= 0.6 is 0 Å². The van der Waals surface area contributed by atoms with Crippen molar-refractivity contribution in [1.82, 2.24) is 0 Å². The molecule has 90 valence electrons. The standard InChI is InChI=1S/C15H12O3/c1-10-15(2,18-14(16)17-10)13-9-5-7-11-6-3-4-8-12(11)13/h3-9H,1H2,2H3. The number of cyclic esters (lactones) is 2. The molecule has 0 N–H and O–H groups in total. The number of fused-ring (bicyclic) bond motifs is 1. The summed E-state index contributed by atoms with van der Waals surface area (Å²) in [4.78, 5) is 11.3. The topological polar surface area (TPSA) is 35.5 Å². The summed E-state index contributed by atoms with van der Waals surface area (Å²) in [5.74, 6) is 0.323. The maximum atomic E-state index is 11.3. The zero-order valence-corrected chi connectivity index (χ0v) is 9.97. The van der Waals surface area contributed by atoms with Gasteiger partial charge in [-0.15, -0.1) is 0 Å². The van der Waals surface area contributed by atoms with Crippen LogP contribution in [0.5, 0.6) is 0 Å². The van der Waals surface area contributed by atoms with E-state index in [0.717, 1.165) is 16.3 Å². The smallest absolute Gasteiger partial charge is 0.414 e. The van der Waals surface area contributed by atoms with Crippen LogP contribution in [0.15, 0.2) is 54.8 Å². The van der Waals surface area contributed by atoms with Gasteiger partial charge in [0.15, 0.2) is 11.4 Å². The molecule has 0 aromatic heterocycles. The molecule has 0 amide bonds. The van der Waals surface area contributed by atoms with Gasteiger partial charge in [0.05, 0.1) is 0 Å². The van der Waals surface area contributed by atoms with Gasteiger partial charge < -0.3 is 9.47 Å². The highest BCUT2D eigenvalue weighted by Crippen LogP contribution is 2.41. The summed E-state index contributed by atoms with van der Waals surface area (Å²) < 4.78 is 10.2. The van der Waals surface area contributed by atoms with E-state index < -0.39 is 11.8 Å². The molecule has 0 bridgehead atoms. The van der Waals surface area contributed by atoms with Crippen molar-refractivity contribution in [3.05, 3.63) is 60.4 Å². The van der Waals surface area contributed by atoms with Gasteiger partial charge in [0.1, 0.15) is 0 Å². The molecule has 1 fully saturated rings. The summed E-state index contributed by atoms with van der Waals surface area (Å²) in [6, 6.07) is 13.8. The molecular weight excluding hydrogens is 228 g/mol. The first-order valence-electron chi connectivity index (χ1n) is 5.70. The number of carbonyl (C=O) groups excluding carboxylic acids is 1. The fraction of sp³-hybridized carbons (Fsp3) is 0.133. The minimum Gasteiger partial charge on any atom is -0.414 e. The second-order valence-corrected chi connectivity index (χ2v) is 4.44. The lowest BCUT2D eigenvalue weighted by atomic mass is 9.90. The summed E-state index contributed by atoms with van der Waals surface area (Å²) in [5.41, 5.74) is -0.0331. The number of ether oxygens (including phenoxy) is 2. The quantitative estimate of drug-likeness (QED) is 0.712. The molecular formula is C15H12O3. The first-order valence-corrected chi connectivity index (χ1v) is 5.70. The maximum absolute atomic E-state index is 11.3. The van der Waals surface area contributed by atoms with E-state index in [2.05, 4.69) is 6.58 Å². The van der Waals surface area contributed by atoms with Crippen LogP contribution in [0.25, 0.3) is 10.8 Å². The molecule has 1 aliphatic heterocycles. The van der Waals surface area contributed by atoms with Crippen molar-refractivity contribution < 1.29 is 14.3 Å². The van der Waals surface area contributed by atoms with Gasteiger partial charge >= 0.3 is 6.16 Å². The molecule has 1 aliphatic rings. The third kappa shape index (κ3) is 1.40. The van der Waals surface area contributed by atoms with Gasteiger partial charge in [0.25, 0.3) is 0 Å². The molecule has 1 unspecified atom stereocenters. The van der Waals surface area contributed by atoms with Gasteiger partial charge in [0, 0.05) is 5.56 Å². The second-order valence-electron chi connectivity index (χ2n) is 4.44. The fourth-order valence-corrected chi connectivity index (χ4v) is 2.29. The molecule has 3 rings (SSSR count). The molecule has 0 saturated carbocycles. The minimum absolute atomic E-state index is 0.323. The summed E-state index contributed by atoms with van der Waals surface area (Å²) in [6.45, 7) is 5.57. The predicted molar refractivity (Wildman–Crippen MR) is 68.0 cm³/mol. The molecule has 1 atom stereocenters. The lowest BCUT2D eigenvalue weighted by molar-refractivity contribution is 0.0765. The second kappa shape index (κ2) is 3.60. The Morgan fingerprint density at radius 2 is 1.83 bits per heavy atom. The number of hydrogen-bond acceptors (Lipinski definition) is 3. The minimum atomic E-state index is -0.919. The third-order valence-corrected chi connectivity index (χ3v) is 3.33. The molecule has 3 heteroatoms. The van der Waals surface area contributed by atoms with Crippen molar-refractivity contribution in [2.24, 2.45) is 0 Å². The molecule has 0 aliphatic carbocycles. The first kappa shape index (κ1) is 10.8. The van der Waals surface area contributed by atoms with E-state index in [-0.39, 0.29) is 0 Å². The summed E-state index contributed by atoms with van der Waals surface area (Å²) in [7, 11) is 0. The zero-order chi connectivity index (χ0) is 12.8. The van der Waals surface area contributed by atoms with E-state index in [1.54, 1.807) is 6.92 Å². The highest BCUT2D eigenvalue weighted by molar-refractivity contribution is 5.87. The van der Waals surface area contributed by atoms with Gasteiger partial charge in [-0.1, -0.05) is 49.0 Å². The van der Waals surface area contributed by atoms with Crippen LogP contribution in [0.1, 0.15) is 12.5 Å². The Hall–Kier alpha value is -2.29. The normalized spacial score (nSPS) is 22.9. The van der Waals surface area contributed by atoms with Gasteiger partial charge in [0.2, 0.25) is 0 Å². The Balaban J connectivity index is 2.26. The van der Waals surface area contributed by atoms with Crippen LogP contribution < -0.4 is 0 Å². The van der Waals surface area contributed by atoms with Crippen molar-refractivity contribution in [3.8, 4) is 0 Å². The molecule has 1 saturated heterocycles. The van der Waals surface area contributed by atoms with Crippen molar-refractivity contribution in [2.75, 3.05) is 0 Å². The number of carbonyl (C=O) groups is 1. The third-order valence-electron chi connectivity index (χ3n) is 3.33. The predicted octanol–water partition coefficient (Wildman–Crippen LogP) is 3.74. The van der Waals surface area contributed by atoms with Crippen LogP contribution in [0.2, 0.25) is 0 Å². The van der Waals surface area contributed by atoms with Crippen molar-refractivity contribution in [1.29, 1.82) is 0 Å². The lowest BCUT2D eigenvalue weighted by Gasteiger charge is -2.22. The number of benzene rings is 2. The zero-order valence-electron chi connectivity index (χ0n) is 9.97. The molecule has 0 spiro atoms. The van der Waals surface area contributed by atoms with Crippen molar-refractivity contribution in [3.63, 3.8) is 0 Å². The Morgan fingerprint density at radius 1 is 1.11 bits per heavy atom. The maximum Gasteiger partial charge on any atom is 0.515 e. The molecule has 0 radical (unpaired) electrons. The van der Waals surface area contributed by atoms with Crippen molar-refractivity contribution >= 4 is 16.9 Å². The van der Waals surface area contributed by atoms with Gasteiger partial charge in [-0.3, -0.25) is 0 Å². The Bertz CT molecular complexity index is 654. The number of hydrogen-bond donors (Lipinski definition) is 0. The van der Waals surface area contributed by atoms with Crippen LogP contribution in [0.4, 0.5) is 4.79 Å². The summed E-state index contributed by atoms with van der Waals surface area (Å²) in [6.07, 6.45) is -0.699. The Morgan fingerprint density at radius 3 is 2.56 bits per heavy atom. The van der Waals surface area contributed by atoms with E-state index in [9.17, 15) is 4.79 Å². The van der Waals surface area contributed by atoms with Gasteiger partial charge in [-0.2, -0.15) is 0 Å². The molecule has 2 aromatic rings. The average molecular weight is 240 g/mol. The highest BCUT2D eigenvalue weighted by Gasteiger charge is 2.44. The Kier molecular flexibility index (Phi) is 2.17. The largest absolute Gasteiger partial charge is 0.515 e. The highest BCUT2D eigenvalue weighted by atomic mass is 16.8. The summed E-state index contributed by atoms with van der Waals surface area (Å²) >= 11 is 0. The van der Waals surface area contributed by atoms with Crippen LogP contribution in [0, 0.1) is 0 Å². The molecule has 1 heterocycles. The van der Waals surface area contributed by atoms with Crippen molar-refractivity contribution in [2.45, 2.75) is 12.5 Å².